The number of carbonyl (C=O) groups excluding carboxylic acids is 3. The molecule has 0 bridgehead atoms. The van der Waals surface area contributed by atoms with Gasteiger partial charge in [0.25, 0.3) is 11.8 Å². The van der Waals surface area contributed by atoms with Gasteiger partial charge in [-0.05, 0) is 66.6 Å². The summed E-state index contributed by atoms with van der Waals surface area (Å²) < 4.78 is 38.7. The Hall–Kier alpha value is -4.14. The highest BCUT2D eigenvalue weighted by Gasteiger charge is 2.30. The zero-order chi connectivity index (χ0) is 24.5. The summed E-state index contributed by atoms with van der Waals surface area (Å²) in [4.78, 5) is 38.6. The van der Waals surface area contributed by atoms with Crippen LogP contribution in [0.25, 0.3) is 0 Å². The fourth-order valence-electron chi connectivity index (χ4n) is 3.79. The highest BCUT2D eigenvalue weighted by molar-refractivity contribution is 6.08. The monoisotopic (exact) mass is 467 g/mol. The molecule has 174 valence electrons. The zero-order valence-corrected chi connectivity index (χ0v) is 18.1. The number of benzene rings is 3. The summed E-state index contributed by atoms with van der Waals surface area (Å²) in [7, 11) is 0. The van der Waals surface area contributed by atoms with Gasteiger partial charge in [-0.25, -0.2) is 0 Å². The van der Waals surface area contributed by atoms with Crippen LogP contribution in [0.5, 0.6) is 0 Å². The van der Waals surface area contributed by atoms with E-state index in [-0.39, 0.29) is 23.1 Å². The van der Waals surface area contributed by atoms with Gasteiger partial charge in [-0.1, -0.05) is 12.1 Å². The van der Waals surface area contributed by atoms with E-state index < -0.39 is 17.6 Å². The third kappa shape index (κ3) is 4.93. The molecule has 34 heavy (non-hydrogen) atoms. The minimum Gasteiger partial charge on any atom is -0.322 e. The number of amides is 3. The number of halogens is 3. The number of carbonyl (C=O) groups is 3. The van der Waals surface area contributed by atoms with Gasteiger partial charge in [-0.2, -0.15) is 13.2 Å². The molecule has 9 heteroatoms. The van der Waals surface area contributed by atoms with Crippen molar-refractivity contribution in [2.45, 2.75) is 19.5 Å². The van der Waals surface area contributed by atoms with E-state index in [0.717, 1.165) is 23.4 Å². The van der Waals surface area contributed by atoms with E-state index in [9.17, 15) is 27.6 Å². The second-order valence-electron chi connectivity index (χ2n) is 7.83. The Bertz CT molecular complexity index is 1290. The standard InChI is InChI=1S/C25H20F3N3O3/c1-15(32)31-11-10-16-12-18(8-9-22(16)31)24(34)29-20-6-2-4-17(13-20)23(33)30-21-7-3-5-19(14-21)25(26,27)28/h2-9,12-14H,10-11H2,1H3,(H,29,34)(H,30,33). The lowest BCUT2D eigenvalue weighted by Gasteiger charge is -2.15. The molecular weight excluding hydrogens is 447 g/mol. The number of fused-ring (bicyclic) bond motifs is 1. The number of hydrogen-bond donors (Lipinski definition) is 2. The maximum Gasteiger partial charge on any atom is 0.416 e. The molecule has 1 aliphatic heterocycles. The molecule has 4 rings (SSSR count). The van der Waals surface area contributed by atoms with Crippen molar-refractivity contribution in [1.29, 1.82) is 0 Å². The third-order valence-corrected chi connectivity index (χ3v) is 5.45. The average Bonchev–Trinajstić information content (AvgIpc) is 3.22. The zero-order valence-electron chi connectivity index (χ0n) is 18.1. The molecule has 3 aromatic rings. The smallest absolute Gasteiger partial charge is 0.322 e. The van der Waals surface area contributed by atoms with Crippen molar-refractivity contribution in [2.75, 3.05) is 22.1 Å². The molecule has 0 saturated heterocycles. The number of rotatable bonds is 4. The summed E-state index contributed by atoms with van der Waals surface area (Å²) >= 11 is 0. The molecule has 3 aromatic carbocycles. The molecule has 6 nitrogen and oxygen atoms in total. The Morgan fingerprint density at radius 3 is 2.09 bits per heavy atom. The Kier molecular flexibility index (Phi) is 6.10. The number of nitrogens with one attached hydrogen (secondary N) is 2. The SMILES string of the molecule is CC(=O)N1CCc2cc(C(=O)Nc3cccc(C(=O)Nc4cccc(C(F)(F)F)c4)c3)ccc21. The maximum absolute atomic E-state index is 12.9. The van der Waals surface area contributed by atoms with Gasteiger partial charge >= 0.3 is 6.18 Å². The van der Waals surface area contributed by atoms with Gasteiger partial charge in [0.05, 0.1) is 5.56 Å². The van der Waals surface area contributed by atoms with E-state index in [2.05, 4.69) is 10.6 Å². The van der Waals surface area contributed by atoms with Gasteiger partial charge in [-0.15, -0.1) is 0 Å². The van der Waals surface area contributed by atoms with Crippen LogP contribution in [0.1, 0.15) is 38.8 Å². The first kappa shape index (κ1) is 23.0. The van der Waals surface area contributed by atoms with Crippen LogP contribution >= 0.6 is 0 Å². The summed E-state index contributed by atoms with van der Waals surface area (Å²) in [5.41, 5.74) is 1.75. The van der Waals surface area contributed by atoms with Gasteiger partial charge in [0.15, 0.2) is 0 Å². The molecule has 0 atom stereocenters. The van der Waals surface area contributed by atoms with Crippen molar-refractivity contribution in [3.05, 3.63) is 89.0 Å². The summed E-state index contributed by atoms with van der Waals surface area (Å²) in [6, 6.07) is 15.5. The fraction of sp³-hybridized carbons (Fsp3) is 0.160. The van der Waals surface area contributed by atoms with Crippen LogP contribution in [0.4, 0.5) is 30.2 Å². The fourth-order valence-corrected chi connectivity index (χ4v) is 3.79. The summed E-state index contributed by atoms with van der Waals surface area (Å²) in [5, 5.41) is 5.16. The lowest BCUT2D eigenvalue weighted by molar-refractivity contribution is -0.137. The average molecular weight is 467 g/mol. The third-order valence-electron chi connectivity index (χ3n) is 5.45. The largest absolute Gasteiger partial charge is 0.416 e. The van der Waals surface area contributed by atoms with E-state index in [0.29, 0.717) is 24.2 Å². The molecule has 0 fully saturated rings. The minimum absolute atomic E-state index is 0.00649. The van der Waals surface area contributed by atoms with Gasteiger partial charge < -0.3 is 15.5 Å². The van der Waals surface area contributed by atoms with Crippen molar-refractivity contribution < 1.29 is 27.6 Å². The molecule has 2 N–H and O–H groups in total. The van der Waals surface area contributed by atoms with Crippen molar-refractivity contribution in [3.63, 3.8) is 0 Å². The number of anilines is 3. The van der Waals surface area contributed by atoms with Crippen LogP contribution < -0.4 is 15.5 Å². The Labute approximate surface area is 193 Å². The molecule has 1 aliphatic rings. The molecular formula is C25H20F3N3O3. The van der Waals surface area contributed by atoms with Crippen LogP contribution in [0, 0.1) is 0 Å². The van der Waals surface area contributed by atoms with Crippen LogP contribution in [0.2, 0.25) is 0 Å². The van der Waals surface area contributed by atoms with Gasteiger partial charge in [-0.3, -0.25) is 14.4 Å². The van der Waals surface area contributed by atoms with Crippen molar-refractivity contribution in [3.8, 4) is 0 Å². The molecule has 0 radical (unpaired) electrons. The van der Waals surface area contributed by atoms with E-state index in [1.165, 1.54) is 31.2 Å². The second kappa shape index (κ2) is 9.01. The van der Waals surface area contributed by atoms with Gasteiger partial charge in [0, 0.05) is 41.7 Å². The molecule has 0 aliphatic carbocycles. The summed E-state index contributed by atoms with van der Waals surface area (Å²) in [5.74, 6) is -1.06. The van der Waals surface area contributed by atoms with Crippen molar-refractivity contribution >= 4 is 34.8 Å². The topological polar surface area (TPSA) is 78.5 Å². The lowest BCUT2D eigenvalue weighted by Crippen LogP contribution is -2.25. The van der Waals surface area contributed by atoms with Crippen molar-refractivity contribution in [2.24, 2.45) is 0 Å². The quantitative estimate of drug-likeness (QED) is 0.559. The number of hydrogen-bond acceptors (Lipinski definition) is 3. The molecule has 3 amide bonds. The molecule has 1 heterocycles. The first-order chi connectivity index (χ1) is 16.1. The summed E-state index contributed by atoms with van der Waals surface area (Å²) in [6.45, 7) is 2.06. The Morgan fingerprint density at radius 1 is 0.824 bits per heavy atom. The van der Waals surface area contributed by atoms with Crippen LogP contribution in [-0.2, 0) is 17.4 Å². The first-order valence-electron chi connectivity index (χ1n) is 10.4. The number of nitrogens with zero attached hydrogens (tertiary/aromatic N) is 1. The normalized spacial score (nSPS) is 12.8. The minimum atomic E-state index is -4.52. The Balaban J connectivity index is 1.46. The van der Waals surface area contributed by atoms with E-state index in [1.807, 2.05) is 0 Å². The molecule has 0 unspecified atom stereocenters. The first-order valence-corrected chi connectivity index (χ1v) is 10.4. The maximum atomic E-state index is 12.9. The van der Waals surface area contributed by atoms with Crippen molar-refractivity contribution in [1.82, 2.24) is 0 Å². The highest BCUT2D eigenvalue weighted by atomic mass is 19.4. The predicted molar refractivity (Wildman–Crippen MR) is 122 cm³/mol. The molecule has 0 aromatic heterocycles. The van der Waals surface area contributed by atoms with Gasteiger partial charge in [0.1, 0.15) is 0 Å². The summed E-state index contributed by atoms with van der Waals surface area (Å²) in [6.07, 6.45) is -3.87. The second-order valence-corrected chi connectivity index (χ2v) is 7.83. The van der Waals surface area contributed by atoms with Crippen LogP contribution in [0.15, 0.2) is 66.7 Å². The lowest BCUT2D eigenvalue weighted by atomic mass is 10.1. The molecule has 0 spiro atoms. The van der Waals surface area contributed by atoms with E-state index in [1.54, 1.807) is 35.2 Å². The van der Waals surface area contributed by atoms with Crippen LogP contribution in [-0.4, -0.2) is 24.3 Å². The highest BCUT2D eigenvalue weighted by Crippen LogP contribution is 2.31. The van der Waals surface area contributed by atoms with E-state index in [4.69, 9.17) is 0 Å². The Morgan fingerprint density at radius 2 is 1.44 bits per heavy atom. The van der Waals surface area contributed by atoms with Crippen LogP contribution in [0.3, 0.4) is 0 Å². The predicted octanol–water partition coefficient (Wildman–Crippen LogP) is 5.12. The van der Waals surface area contributed by atoms with Gasteiger partial charge in [0.2, 0.25) is 5.91 Å². The number of alkyl halides is 3. The van der Waals surface area contributed by atoms with E-state index >= 15 is 0 Å². The molecule has 0 saturated carbocycles.